The van der Waals surface area contributed by atoms with Gasteiger partial charge >= 0.3 is 0 Å². The fourth-order valence-corrected chi connectivity index (χ4v) is 0.568. The third kappa shape index (κ3) is 1.28. The van der Waals surface area contributed by atoms with Crippen LogP contribution in [0.15, 0.2) is 6.33 Å². The summed E-state index contributed by atoms with van der Waals surface area (Å²) in [5.41, 5.74) is 0. The van der Waals surface area contributed by atoms with Gasteiger partial charge in [-0.1, -0.05) is 13.8 Å². The lowest BCUT2D eigenvalue weighted by Gasteiger charge is -1.92. The van der Waals surface area contributed by atoms with E-state index in [-0.39, 0.29) is 0 Å². The van der Waals surface area contributed by atoms with Gasteiger partial charge in [-0.15, -0.1) is 0 Å². The van der Waals surface area contributed by atoms with Crippen molar-refractivity contribution in [3.05, 3.63) is 18.1 Å². The van der Waals surface area contributed by atoms with Crippen LogP contribution in [0.2, 0.25) is 0 Å². The van der Waals surface area contributed by atoms with Gasteiger partial charge in [0.15, 0.2) is 5.82 Å². The van der Waals surface area contributed by atoms with E-state index in [9.17, 15) is 0 Å². The van der Waals surface area contributed by atoms with E-state index in [1.807, 2.05) is 20.9 Å². The largest absolute Gasteiger partial charge is 0.256 e. The normalized spacial score (nSPS) is 10.7. The molecule has 0 N–H and O–H groups in total. The lowest BCUT2D eigenvalue weighted by Crippen LogP contribution is -1.93. The van der Waals surface area contributed by atoms with Crippen molar-refractivity contribution in [2.75, 3.05) is 0 Å². The molecule has 0 saturated heterocycles. The molecular weight excluding hydrogens is 114 g/mol. The van der Waals surface area contributed by atoms with E-state index in [4.69, 9.17) is 0 Å². The summed E-state index contributed by atoms with van der Waals surface area (Å²) in [6, 6.07) is 0. The van der Waals surface area contributed by atoms with Gasteiger partial charge in [-0.05, 0) is 0 Å². The Hall–Kier alpha value is -0.860. The molecule has 0 aliphatic rings. The van der Waals surface area contributed by atoms with Crippen LogP contribution < -0.4 is 0 Å². The summed E-state index contributed by atoms with van der Waals surface area (Å²) in [7, 11) is 1.86. The van der Waals surface area contributed by atoms with Crippen molar-refractivity contribution >= 4 is 0 Å². The van der Waals surface area contributed by atoms with Gasteiger partial charge < -0.3 is 0 Å². The Balaban J connectivity index is 2.85. The molecule has 0 bridgehead atoms. The van der Waals surface area contributed by atoms with Gasteiger partial charge in [-0.2, -0.15) is 5.10 Å². The fraction of sp³-hybridized carbons (Fsp3) is 0.500. The highest BCUT2D eigenvalue weighted by atomic mass is 15.3. The second kappa shape index (κ2) is 2.17. The first kappa shape index (κ1) is 6.26. The summed E-state index contributed by atoms with van der Waals surface area (Å²) in [6.45, 7) is 3.99. The van der Waals surface area contributed by atoms with Gasteiger partial charge in [0, 0.05) is 13.0 Å². The Labute approximate surface area is 54.7 Å². The summed E-state index contributed by atoms with van der Waals surface area (Å²) in [5.74, 6) is 1.98. The molecule has 9 heavy (non-hydrogen) atoms. The molecule has 0 aliphatic carbocycles. The van der Waals surface area contributed by atoms with Crippen LogP contribution in [0, 0.1) is 5.92 Å². The Morgan fingerprint density at radius 2 is 2.22 bits per heavy atom. The number of nitrogens with zero attached hydrogens (tertiary/aromatic N) is 3. The smallest absolute Gasteiger partial charge is 0.157 e. The zero-order valence-electron chi connectivity index (χ0n) is 5.92. The maximum absolute atomic E-state index is 4.08. The van der Waals surface area contributed by atoms with Crippen LogP contribution in [-0.2, 0) is 7.05 Å². The molecule has 0 saturated carbocycles. The molecule has 49 valence electrons. The standard InChI is InChI=1S/C6H10N3/c1-5(2)6-7-4-9(3)8-6/h4H,1-3H3. The zero-order valence-corrected chi connectivity index (χ0v) is 5.92. The minimum Gasteiger partial charge on any atom is -0.256 e. The molecule has 0 aliphatic heterocycles. The Morgan fingerprint density at radius 3 is 2.44 bits per heavy atom. The molecule has 1 heterocycles. The molecule has 0 unspecified atom stereocenters. The maximum atomic E-state index is 4.08. The van der Waals surface area contributed by atoms with Gasteiger partial charge in [0.05, 0.1) is 0 Å². The summed E-state index contributed by atoms with van der Waals surface area (Å²) in [6.07, 6.45) is 1.70. The number of aromatic nitrogens is 3. The molecule has 1 rings (SSSR count). The van der Waals surface area contributed by atoms with Crippen molar-refractivity contribution in [2.24, 2.45) is 7.05 Å². The molecule has 1 radical (unpaired) electrons. The van der Waals surface area contributed by atoms with E-state index in [0.717, 1.165) is 11.7 Å². The van der Waals surface area contributed by atoms with Gasteiger partial charge in [0.2, 0.25) is 0 Å². The van der Waals surface area contributed by atoms with Crippen molar-refractivity contribution < 1.29 is 0 Å². The lowest BCUT2D eigenvalue weighted by molar-refractivity contribution is 0.751. The average molecular weight is 124 g/mol. The monoisotopic (exact) mass is 124 g/mol. The number of rotatable bonds is 1. The van der Waals surface area contributed by atoms with Crippen molar-refractivity contribution in [1.82, 2.24) is 14.8 Å². The molecular formula is C6H10N3. The van der Waals surface area contributed by atoms with Crippen LogP contribution in [0.4, 0.5) is 0 Å². The molecule has 3 heteroatoms. The summed E-state index contributed by atoms with van der Waals surface area (Å²) in [5, 5.41) is 4.08. The molecule has 0 aromatic carbocycles. The Kier molecular flexibility index (Phi) is 1.51. The topological polar surface area (TPSA) is 30.7 Å². The predicted molar refractivity (Wildman–Crippen MR) is 34.7 cm³/mol. The molecule has 0 atom stereocenters. The number of aryl methyl sites for hydroxylation is 1. The molecule has 1 aromatic rings. The third-order valence-corrected chi connectivity index (χ3v) is 1.05. The van der Waals surface area contributed by atoms with E-state index >= 15 is 0 Å². The molecule has 0 amide bonds. The van der Waals surface area contributed by atoms with Crippen molar-refractivity contribution in [3.8, 4) is 0 Å². The van der Waals surface area contributed by atoms with E-state index in [1.165, 1.54) is 0 Å². The molecule has 3 nitrogen and oxygen atoms in total. The highest BCUT2D eigenvalue weighted by molar-refractivity contribution is 5.06. The number of hydrogen-bond donors (Lipinski definition) is 0. The highest BCUT2D eigenvalue weighted by Crippen LogP contribution is 2.03. The van der Waals surface area contributed by atoms with Crippen LogP contribution in [0.3, 0.4) is 0 Å². The van der Waals surface area contributed by atoms with Gasteiger partial charge in [-0.25, -0.2) is 4.98 Å². The van der Waals surface area contributed by atoms with Crippen LogP contribution in [0.1, 0.15) is 19.7 Å². The number of hydrogen-bond acceptors (Lipinski definition) is 2. The van der Waals surface area contributed by atoms with Crippen LogP contribution >= 0.6 is 0 Å². The zero-order chi connectivity index (χ0) is 6.85. The van der Waals surface area contributed by atoms with Gasteiger partial charge in [0.1, 0.15) is 6.33 Å². The minimum atomic E-state index is 0.831. The first-order chi connectivity index (χ1) is 4.20. The van der Waals surface area contributed by atoms with Crippen LogP contribution in [0.25, 0.3) is 0 Å². The average Bonchev–Trinajstić information content (AvgIpc) is 2.14. The van der Waals surface area contributed by atoms with E-state index < -0.39 is 0 Å². The summed E-state index contributed by atoms with van der Waals surface area (Å²) >= 11 is 0. The van der Waals surface area contributed by atoms with Crippen molar-refractivity contribution in [1.29, 1.82) is 0 Å². The predicted octanol–water partition coefficient (Wildman–Crippen LogP) is 0.777. The second-order valence-electron chi connectivity index (χ2n) is 2.24. The van der Waals surface area contributed by atoms with Crippen LogP contribution in [0.5, 0.6) is 0 Å². The Morgan fingerprint density at radius 1 is 1.56 bits per heavy atom. The molecule has 1 aromatic heterocycles. The maximum Gasteiger partial charge on any atom is 0.157 e. The Bertz CT molecular complexity index is 190. The quantitative estimate of drug-likeness (QED) is 0.553. The van der Waals surface area contributed by atoms with Gasteiger partial charge in [-0.3, -0.25) is 4.68 Å². The summed E-state index contributed by atoms with van der Waals surface area (Å²) in [4.78, 5) is 4.03. The van der Waals surface area contributed by atoms with Crippen molar-refractivity contribution in [2.45, 2.75) is 13.8 Å². The minimum absolute atomic E-state index is 0.831. The fourth-order valence-electron chi connectivity index (χ4n) is 0.568. The van der Waals surface area contributed by atoms with Gasteiger partial charge in [0.25, 0.3) is 0 Å². The van der Waals surface area contributed by atoms with Crippen molar-refractivity contribution in [3.63, 3.8) is 0 Å². The summed E-state index contributed by atoms with van der Waals surface area (Å²) < 4.78 is 1.70. The van der Waals surface area contributed by atoms with E-state index in [0.29, 0.717) is 0 Å². The lowest BCUT2D eigenvalue weighted by atomic mass is 10.2. The third-order valence-electron chi connectivity index (χ3n) is 1.05. The highest BCUT2D eigenvalue weighted by Gasteiger charge is 2.02. The van der Waals surface area contributed by atoms with E-state index in [1.54, 1.807) is 11.0 Å². The van der Waals surface area contributed by atoms with E-state index in [2.05, 4.69) is 10.1 Å². The first-order valence-corrected chi connectivity index (χ1v) is 2.86. The molecule has 0 fully saturated rings. The molecule has 0 spiro atoms. The van der Waals surface area contributed by atoms with Crippen LogP contribution in [-0.4, -0.2) is 14.8 Å². The SMILES string of the molecule is C[C](C)c1ncn(C)n1. The second-order valence-corrected chi connectivity index (χ2v) is 2.24. The first-order valence-electron chi connectivity index (χ1n) is 2.86.